The van der Waals surface area contributed by atoms with Crippen molar-refractivity contribution in [2.75, 3.05) is 11.5 Å². The lowest BCUT2D eigenvalue weighted by atomic mass is 10.1. The lowest BCUT2D eigenvalue weighted by Crippen LogP contribution is -2.25. The third-order valence-corrected chi connectivity index (χ3v) is 4.55. The summed E-state index contributed by atoms with van der Waals surface area (Å²) in [6.45, 7) is 0.0407. The van der Waals surface area contributed by atoms with E-state index in [1.54, 1.807) is 35.3 Å². The molecule has 0 saturated carbocycles. The van der Waals surface area contributed by atoms with Gasteiger partial charge in [0.25, 0.3) is 5.91 Å². The second-order valence-electron chi connectivity index (χ2n) is 6.70. The van der Waals surface area contributed by atoms with Crippen LogP contribution in [-0.2, 0) is 6.54 Å². The minimum Gasteiger partial charge on any atom is -0.394 e. The average Bonchev–Trinajstić information content (AvgIpc) is 3.24. The summed E-state index contributed by atoms with van der Waals surface area (Å²) in [6.07, 6.45) is 4.42. The van der Waals surface area contributed by atoms with Crippen molar-refractivity contribution in [2.24, 2.45) is 0 Å². The van der Waals surface area contributed by atoms with Gasteiger partial charge in [-0.2, -0.15) is 5.10 Å². The van der Waals surface area contributed by atoms with Crippen LogP contribution in [0.2, 0.25) is 0 Å². The van der Waals surface area contributed by atoms with Crippen molar-refractivity contribution in [1.29, 1.82) is 0 Å². The number of nitrogens with one attached hydrogen (secondary N) is 1. The third kappa shape index (κ3) is 4.32. The van der Waals surface area contributed by atoms with E-state index < -0.39 is 11.7 Å². The van der Waals surface area contributed by atoms with Crippen molar-refractivity contribution in [3.05, 3.63) is 84.1 Å². The summed E-state index contributed by atoms with van der Waals surface area (Å²) in [7, 11) is 0. The van der Waals surface area contributed by atoms with Crippen molar-refractivity contribution in [3.8, 4) is 16.8 Å². The molecule has 0 spiro atoms. The van der Waals surface area contributed by atoms with Gasteiger partial charge in [-0.15, -0.1) is 0 Å². The number of carbonyl (C=O) groups is 1. The number of hydrogen-bond acceptors (Lipinski definition) is 6. The Hall–Kier alpha value is -4.34. The summed E-state index contributed by atoms with van der Waals surface area (Å²) in [5, 5.41) is 6.88. The van der Waals surface area contributed by atoms with Crippen molar-refractivity contribution in [2.45, 2.75) is 6.54 Å². The van der Waals surface area contributed by atoms with Gasteiger partial charge in [-0.1, -0.05) is 0 Å². The van der Waals surface area contributed by atoms with Crippen molar-refractivity contribution >= 4 is 17.4 Å². The highest BCUT2D eigenvalue weighted by molar-refractivity contribution is 5.98. The Morgan fingerprint density at radius 3 is 2.55 bits per heavy atom. The van der Waals surface area contributed by atoms with Crippen LogP contribution in [0.1, 0.15) is 16.1 Å². The summed E-state index contributed by atoms with van der Waals surface area (Å²) < 4.78 is 28.9. The maximum Gasteiger partial charge on any atom is 0.272 e. The van der Waals surface area contributed by atoms with E-state index in [1.165, 1.54) is 24.3 Å². The van der Waals surface area contributed by atoms with E-state index in [-0.39, 0.29) is 29.6 Å². The SMILES string of the molecule is Nc1ncnc(C(=O)NCc2cc(F)cc(-c3cnn(-c4ccc(F)cc4)c3)c2)c1N. The van der Waals surface area contributed by atoms with Crippen LogP contribution in [0.3, 0.4) is 0 Å². The molecule has 0 unspecified atom stereocenters. The van der Waals surface area contributed by atoms with Gasteiger partial charge in [-0.05, 0) is 53.6 Å². The predicted molar refractivity (Wildman–Crippen MR) is 111 cm³/mol. The fraction of sp³-hybridized carbons (Fsp3) is 0.0476. The monoisotopic (exact) mass is 421 g/mol. The van der Waals surface area contributed by atoms with Crippen LogP contribution < -0.4 is 16.8 Å². The molecule has 0 aliphatic rings. The maximum absolute atomic E-state index is 14.2. The number of aromatic nitrogens is 4. The smallest absolute Gasteiger partial charge is 0.272 e. The number of rotatable bonds is 5. The molecule has 31 heavy (non-hydrogen) atoms. The summed E-state index contributed by atoms with van der Waals surface area (Å²) in [5.41, 5.74) is 13.7. The molecule has 0 aliphatic heterocycles. The molecule has 0 atom stereocenters. The van der Waals surface area contributed by atoms with E-state index in [1.807, 2.05) is 0 Å². The van der Waals surface area contributed by atoms with Gasteiger partial charge in [0.15, 0.2) is 11.5 Å². The molecule has 0 radical (unpaired) electrons. The first-order chi connectivity index (χ1) is 14.9. The normalized spacial score (nSPS) is 10.8. The molecule has 2 aromatic heterocycles. The number of benzene rings is 2. The van der Waals surface area contributed by atoms with Gasteiger partial charge in [0.2, 0.25) is 0 Å². The number of amides is 1. The fourth-order valence-electron chi connectivity index (χ4n) is 2.98. The first-order valence-electron chi connectivity index (χ1n) is 9.15. The number of carbonyl (C=O) groups excluding carboxylic acids is 1. The maximum atomic E-state index is 14.2. The lowest BCUT2D eigenvalue weighted by Gasteiger charge is -2.09. The van der Waals surface area contributed by atoms with E-state index in [2.05, 4.69) is 20.4 Å². The van der Waals surface area contributed by atoms with Gasteiger partial charge in [0, 0.05) is 18.3 Å². The van der Waals surface area contributed by atoms with Crippen molar-refractivity contribution < 1.29 is 13.6 Å². The number of nitrogens with two attached hydrogens (primary N) is 2. The van der Waals surface area contributed by atoms with E-state index in [0.29, 0.717) is 22.4 Å². The minimum atomic E-state index is -0.554. The molecule has 5 N–H and O–H groups in total. The van der Waals surface area contributed by atoms with Crippen LogP contribution in [0.25, 0.3) is 16.8 Å². The van der Waals surface area contributed by atoms with Gasteiger partial charge >= 0.3 is 0 Å². The average molecular weight is 421 g/mol. The second-order valence-corrected chi connectivity index (χ2v) is 6.70. The van der Waals surface area contributed by atoms with Crippen LogP contribution in [-0.4, -0.2) is 25.7 Å². The largest absolute Gasteiger partial charge is 0.394 e. The summed E-state index contributed by atoms with van der Waals surface area (Å²) in [4.78, 5) is 19.9. The molecule has 0 saturated heterocycles. The zero-order chi connectivity index (χ0) is 22.0. The summed E-state index contributed by atoms with van der Waals surface area (Å²) in [6, 6.07) is 10.2. The van der Waals surface area contributed by atoms with E-state index in [0.717, 1.165) is 6.33 Å². The molecule has 8 nitrogen and oxygen atoms in total. The number of nitrogen functional groups attached to an aromatic ring is 2. The number of nitrogens with zero attached hydrogens (tertiary/aromatic N) is 4. The molecule has 156 valence electrons. The van der Waals surface area contributed by atoms with Gasteiger partial charge < -0.3 is 16.8 Å². The zero-order valence-corrected chi connectivity index (χ0v) is 16.1. The molecular weight excluding hydrogens is 404 g/mol. The zero-order valence-electron chi connectivity index (χ0n) is 16.1. The number of hydrogen-bond donors (Lipinski definition) is 3. The molecule has 4 rings (SSSR count). The molecule has 0 fully saturated rings. The Morgan fingerprint density at radius 1 is 1.00 bits per heavy atom. The molecule has 10 heteroatoms. The van der Waals surface area contributed by atoms with Crippen molar-refractivity contribution in [3.63, 3.8) is 0 Å². The standard InChI is InChI=1S/C21H17F2N7O/c22-15-1-3-17(4-2-15)30-10-14(9-29-30)13-5-12(6-16(23)7-13)8-26-21(31)19-18(24)20(25)28-11-27-19/h1-7,9-11H,8,24H2,(H,26,31)(H2,25,27,28). The van der Waals surface area contributed by atoms with Crippen molar-refractivity contribution in [1.82, 2.24) is 25.1 Å². The van der Waals surface area contributed by atoms with E-state index in [9.17, 15) is 13.6 Å². The Bertz CT molecular complexity index is 1260. The summed E-state index contributed by atoms with van der Waals surface area (Å²) in [5.74, 6) is -1.37. The highest BCUT2D eigenvalue weighted by Gasteiger charge is 2.14. The second kappa shape index (κ2) is 8.19. The van der Waals surface area contributed by atoms with Crippen LogP contribution in [0.4, 0.5) is 20.3 Å². The Morgan fingerprint density at radius 2 is 1.77 bits per heavy atom. The predicted octanol–water partition coefficient (Wildman–Crippen LogP) is 2.70. The number of halogens is 2. The van der Waals surface area contributed by atoms with Crippen LogP contribution in [0.5, 0.6) is 0 Å². The Balaban J connectivity index is 1.53. The fourth-order valence-corrected chi connectivity index (χ4v) is 2.98. The quantitative estimate of drug-likeness (QED) is 0.455. The molecule has 1 amide bonds. The van der Waals surface area contributed by atoms with Gasteiger partial charge in [0.05, 0.1) is 11.9 Å². The topological polar surface area (TPSA) is 125 Å². The third-order valence-electron chi connectivity index (χ3n) is 4.55. The molecule has 0 aliphatic carbocycles. The molecule has 0 bridgehead atoms. The molecule has 2 aromatic carbocycles. The first kappa shape index (κ1) is 20.0. The Labute approximate surface area is 175 Å². The van der Waals surface area contributed by atoms with Gasteiger partial charge in [0.1, 0.15) is 23.6 Å². The van der Waals surface area contributed by atoms with E-state index in [4.69, 9.17) is 11.5 Å². The van der Waals surface area contributed by atoms with Crippen LogP contribution in [0, 0.1) is 11.6 Å². The van der Waals surface area contributed by atoms with Gasteiger partial charge in [-0.3, -0.25) is 4.79 Å². The lowest BCUT2D eigenvalue weighted by molar-refractivity contribution is 0.0946. The molecular formula is C21H17F2N7O. The van der Waals surface area contributed by atoms with Gasteiger partial charge in [-0.25, -0.2) is 23.4 Å². The Kier molecular flexibility index (Phi) is 5.27. The molecule has 4 aromatic rings. The molecule has 2 heterocycles. The minimum absolute atomic E-state index is 0.00589. The first-order valence-corrected chi connectivity index (χ1v) is 9.15. The number of anilines is 2. The highest BCUT2D eigenvalue weighted by atomic mass is 19.1. The van der Waals surface area contributed by atoms with Crippen LogP contribution in [0.15, 0.2) is 61.2 Å². The van der Waals surface area contributed by atoms with Crippen LogP contribution >= 0.6 is 0 Å². The summed E-state index contributed by atoms with van der Waals surface area (Å²) >= 11 is 0. The van der Waals surface area contributed by atoms with E-state index >= 15 is 0 Å². The highest BCUT2D eigenvalue weighted by Crippen LogP contribution is 2.23.